The van der Waals surface area contributed by atoms with E-state index in [1.165, 1.54) is 50.5 Å². The molecule has 0 fully saturated rings. The van der Waals surface area contributed by atoms with Gasteiger partial charge in [-0.1, -0.05) is 103 Å². The van der Waals surface area contributed by atoms with Gasteiger partial charge in [-0.05, 0) is 30.7 Å². The van der Waals surface area contributed by atoms with Crippen LogP contribution < -0.4 is 4.74 Å². The van der Waals surface area contributed by atoms with E-state index in [4.69, 9.17) is 4.74 Å². The number of benzene rings is 1. The highest BCUT2D eigenvalue weighted by molar-refractivity contribution is 5.55. The quantitative estimate of drug-likeness (QED) is 0.231. The van der Waals surface area contributed by atoms with Crippen molar-refractivity contribution in [3.05, 3.63) is 42.2 Å². The van der Waals surface area contributed by atoms with Crippen molar-refractivity contribution in [2.24, 2.45) is 5.92 Å². The predicted octanol–water partition coefficient (Wildman–Crippen LogP) is 8.37. The number of nitrogens with zero attached hydrogens (tertiary/aromatic N) is 2. The summed E-state index contributed by atoms with van der Waals surface area (Å²) >= 11 is 0. The van der Waals surface area contributed by atoms with E-state index in [2.05, 4.69) is 48.1 Å². The Morgan fingerprint density at radius 3 is 2.06 bits per heavy atom. The van der Waals surface area contributed by atoms with Gasteiger partial charge in [0.05, 0.1) is 12.4 Å². The maximum atomic E-state index is 14.3. The summed E-state index contributed by atoms with van der Waals surface area (Å²) in [5.74, 6) is 1.21. The van der Waals surface area contributed by atoms with Crippen molar-refractivity contribution < 1.29 is 9.13 Å². The first-order valence-electron chi connectivity index (χ1n) is 12.8. The van der Waals surface area contributed by atoms with E-state index in [1.807, 2.05) is 6.92 Å². The zero-order valence-corrected chi connectivity index (χ0v) is 20.5. The summed E-state index contributed by atoms with van der Waals surface area (Å²) in [5.41, 5.74) is 2.36. The van der Waals surface area contributed by atoms with Gasteiger partial charge in [-0.15, -0.1) is 0 Å². The molecule has 4 heteroatoms. The highest BCUT2D eigenvalue weighted by Crippen LogP contribution is 2.20. The normalized spacial score (nSPS) is 13.1. The zero-order chi connectivity index (χ0) is 23.0. The minimum absolute atomic E-state index is 0.0151. The van der Waals surface area contributed by atoms with Crippen molar-refractivity contribution in [3.63, 3.8) is 0 Å². The molecular formula is C28H43FN2O. The molecule has 1 heterocycles. The molecule has 1 aromatic heterocycles. The highest BCUT2D eigenvalue weighted by Gasteiger charge is 2.17. The Bertz CT molecular complexity index is 717. The van der Waals surface area contributed by atoms with E-state index in [9.17, 15) is 4.39 Å². The van der Waals surface area contributed by atoms with Crippen LogP contribution >= 0.6 is 0 Å². The molecule has 2 rings (SSSR count). The molecule has 0 aliphatic rings. The van der Waals surface area contributed by atoms with Gasteiger partial charge in [0.1, 0.15) is 12.8 Å². The standard InChI is InChI=1S/C28H43FN2O/c1-4-6-8-9-10-11-13-15-24-16-18-25(19-17-24)28-30-20-26(21-31-28)32-22-27(29)23(3)14-12-7-5-2/h16-21,23,27H,4-15,22H2,1-3H3. The Kier molecular flexibility index (Phi) is 13.0. The second kappa shape index (κ2) is 15.8. The topological polar surface area (TPSA) is 35.0 Å². The van der Waals surface area contributed by atoms with E-state index in [1.54, 1.807) is 12.4 Å². The minimum Gasteiger partial charge on any atom is -0.487 e. The van der Waals surface area contributed by atoms with Gasteiger partial charge in [-0.2, -0.15) is 0 Å². The minimum atomic E-state index is -0.963. The van der Waals surface area contributed by atoms with Crippen molar-refractivity contribution in [3.8, 4) is 17.1 Å². The van der Waals surface area contributed by atoms with E-state index >= 15 is 0 Å². The number of hydrogen-bond donors (Lipinski definition) is 0. The fourth-order valence-corrected chi connectivity index (χ4v) is 3.88. The van der Waals surface area contributed by atoms with E-state index in [-0.39, 0.29) is 12.5 Å². The molecule has 0 saturated heterocycles. The summed E-state index contributed by atoms with van der Waals surface area (Å²) in [6, 6.07) is 8.52. The Balaban J connectivity index is 1.73. The lowest BCUT2D eigenvalue weighted by Crippen LogP contribution is -2.21. The molecule has 0 aliphatic carbocycles. The van der Waals surface area contributed by atoms with Gasteiger partial charge in [-0.25, -0.2) is 14.4 Å². The third kappa shape index (κ3) is 10.1. The number of unbranched alkanes of at least 4 members (excludes halogenated alkanes) is 8. The van der Waals surface area contributed by atoms with Crippen LogP contribution in [0.5, 0.6) is 5.75 Å². The van der Waals surface area contributed by atoms with Gasteiger partial charge in [-0.3, -0.25) is 0 Å². The van der Waals surface area contributed by atoms with Crippen molar-refractivity contribution in [2.75, 3.05) is 6.61 Å². The summed E-state index contributed by atoms with van der Waals surface area (Å²) in [6.45, 7) is 6.44. The number of aryl methyl sites for hydroxylation is 1. The van der Waals surface area contributed by atoms with Crippen LogP contribution in [0.15, 0.2) is 36.7 Å². The molecular weight excluding hydrogens is 399 g/mol. The summed E-state index contributed by atoms with van der Waals surface area (Å²) in [6.07, 6.45) is 17.1. The number of halogens is 1. The maximum absolute atomic E-state index is 14.3. The fraction of sp³-hybridized carbons (Fsp3) is 0.643. The third-order valence-electron chi connectivity index (χ3n) is 6.20. The summed E-state index contributed by atoms with van der Waals surface area (Å²) < 4.78 is 19.9. The number of hydrogen-bond acceptors (Lipinski definition) is 3. The predicted molar refractivity (Wildman–Crippen MR) is 133 cm³/mol. The van der Waals surface area contributed by atoms with Gasteiger partial charge in [0.2, 0.25) is 0 Å². The molecule has 0 N–H and O–H groups in total. The monoisotopic (exact) mass is 442 g/mol. The van der Waals surface area contributed by atoms with Crippen LogP contribution in [0, 0.1) is 5.92 Å². The van der Waals surface area contributed by atoms with E-state index in [0.717, 1.165) is 37.7 Å². The number of aromatic nitrogens is 2. The lowest BCUT2D eigenvalue weighted by Gasteiger charge is -2.17. The molecule has 178 valence electrons. The van der Waals surface area contributed by atoms with Crippen molar-refractivity contribution in [1.82, 2.24) is 9.97 Å². The largest absolute Gasteiger partial charge is 0.487 e. The number of ether oxygens (including phenoxy) is 1. The Hall–Kier alpha value is -1.97. The molecule has 1 aromatic carbocycles. The lowest BCUT2D eigenvalue weighted by molar-refractivity contribution is 0.141. The average Bonchev–Trinajstić information content (AvgIpc) is 2.83. The van der Waals surface area contributed by atoms with Gasteiger partial charge in [0, 0.05) is 5.56 Å². The van der Waals surface area contributed by atoms with Gasteiger partial charge < -0.3 is 4.74 Å². The smallest absolute Gasteiger partial charge is 0.159 e. The van der Waals surface area contributed by atoms with Crippen LogP contribution in [-0.2, 0) is 6.42 Å². The molecule has 2 atom stereocenters. The van der Waals surface area contributed by atoms with Crippen LogP contribution in [0.4, 0.5) is 4.39 Å². The summed E-state index contributed by atoms with van der Waals surface area (Å²) in [4.78, 5) is 8.83. The molecule has 2 unspecified atom stereocenters. The highest BCUT2D eigenvalue weighted by atomic mass is 19.1. The first kappa shape index (κ1) is 26.3. The van der Waals surface area contributed by atoms with E-state index in [0.29, 0.717) is 11.6 Å². The maximum Gasteiger partial charge on any atom is 0.159 e. The van der Waals surface area contributed by atoms with Crippen LogP contribution in [0.1, 0.15) is 97.0 Å². The first-order chi connectivity index (χ1) is 15.6. The average molecular weight is 443 g/mol. The van der Waals surface area contributed by atoms with Crippen LogP contribution in [0.2, 0.25) is 0 Å². The van der Waals surface area contributed by atoms with Crippen LogP contribution in [0.25, 0.3) is 11.4 Å². The third-order valence-corrected chi connectivity index (χ3v) is 6.20. The molecule has 0 spiro atoms. The Morgan fingerprint density at radius 2 is 1.41 bits per heavy atom. The summed E-state index contributed by atoms with van der Waals surface area (Å²) in [7, 11) is 0. The van der Waals surface area contributed by atoms with Crippen molar-refractivity contribution in [2.45, 2.75) is 104 Å². The summed E-state index contributed by atoms with van der Waals surface area (Å²) in [5, 5.41) is 0. The zero-order valence-electron chi connectivity index (χ0n) is 20.5. The van der Waals surface area contributed by atoms with Crippen molar-refractivity contribution >= 4 is 0 Å². The molecule has 0 radical (unpaired) electrons. The lowest BCUT2D eigenvalue weighted by atomic mass is 9.99. The SMILES string of the molecule is CCCCCCCCCc1ccc(-c2ncc(OCC(F)C(C)CCCCC)cn2)cc1. The second-order valence-corrected chi connectivity index (χ2v) is 9.11. The number of rotatable bonds is 17. The molecule has 0 bridgehead atoms. The molecule has 32 heavy (non-hydrogen) atoms. The number of alkyl halides is 1. The van der Waals surface area contributed by atoms with Crippen molar-refractivity contribution in [1.29, 1.82) is 0 Å². The Morgan fingerprint density at radius 1 is 0.812 bits per heavy atom. The van der Waals surface area contributed by atoms with Gasteiger partial charge in [0.15, 0.2) is 11.6 Å². The molecule has 2 aromatic rings. The van der Waals surface area contributed by atoms with Gasteiger partial charge in [0.25, 0.3) is 0 Å². The second-order valence-electron chi connectivity index (χ2n) is 9.11. The molecule has 0 amide bonds. The molecule has 0 aliphatic heterocycles. The van der Waals surface area contributed by atoms with Crippen LogP contribution in [0.3, 0.4) is 0 Å². The molecule has 0 saturated carbocycles. The van der Waals surface area contributed by atoms with Gasteiger partial charge >= 0.3 is 0 Å². The first-order valence-corrected chi connectivity index (χ1v) is 12.8. The molecule has 3 nitrogen and oxygen atoms in total. The Labute approximate surface area is 195 Å². The van der Waals surface area contributed by atoms with Crippen LogP contribution in [-0.4, -0.2) is 22.7 Å². The van der Waals surface area contributed by atoms with E-state index < -0.39 is 6.17 Å². The fourth-order valence-electron chi connectivity index (χ4n) is 3.88.